The van der Waals surface area contributed by atoms with Gasteiger partial charge in [-0.2, -0.15) is 5.26 Å². The van der Waals surface area contributed by atoms with Gasteiger partial charge in [0.05, 0.1) is 6.21 Å². The molecule has 2 aromatic heterocycles. The summed E-state index contributed by atoms with van der Waals surface area (Å²) in [4.78, 5) is 87.3. The van der Waals surface area contributed by atoms with E-state index in [0.717, 1.165) is 42.4 Å². The van der Waals surface area contributed by atoms with Crippen molar-refractivity contribution in [3.05, 3.63) is 187 Å². The van der Waals surface area contributed by atoms with E-state index in [4.69, 9.17) is 121 Å². The van der Waals surface area contributed by atoms with Gasteiger partial charge in [-0.05, 0) is 160 Å². The fraction of sp³-hybridized carbons (Fsp3) is 0.368. The standard InChI is InChI=1S/C19H22ClN3O4.C15H13ClN4O2.C12H18N2O3.C9H18N2O2.C7H5Cl2NO.C7H6ClNO.C7H5ClO/c1-19(2,3)26-18(25)23-9-8-14(11-23)21-17(24)16-10-15(22-27-16)12-4-6-13(20)7-5-12;16-11-3-1-10(2-4-11)13-7-14(22-19-13)15(21)18-12-5-6-20(8-12)9-17;1-5-10(15)13-9-6-7-14(8-9)11(16)17-12(2,3)4;1-9(2,3)13-8(12)11-5-4-7(10)6-11;8-6-3-1-5(2-4-6)7(9)10-11;8-7-3-1-6(2-4-7)5-9-10;8-7-3-1-6(5-9)2-4-7/h4-7,10,14H,8-9,11H2,1-3H3,(H,21,24);1-4,7,12H,5-6,8H2,(H,18,21);1,9H,6-8H2,2-4H3,(H,13,15);7H,4-6,10H2,1-3H3;1-4,11H;1-5,10H;1-5H/b;;;;10-7-;9-5+;/t14-;12-;9-;7-;;;/m1111.../s1. The first-order valence-electron chi connectivity index (χ1n) is 33.9. The van der Waals surface area contributed by atoms with E-state index >= 15 is 0 Å². The highest BCUT2D eigenvalue weighted by Gasteiger charge is 2.33. The first-order valence-corrected chi connectivity index (χ1v) is 36.2. The van der Waals surface area contributed by atoms with E-state index in [1.807, 2.05) is 80.4 Å². The van der Waals surface area contributed by atoms with Gasteiger partial charge in [-0.1, -0.05) is 151 Å². The first-order chi connectivity index (χ1) is 51.4. The number of nitrogens with two attached hydrogens (primary N) is 1. The molecule has 582 valence electrons. The van der Waals surface area contributed by atoms with Crippen LogP contribution in [0.5, 0.6) is 0 Å². The van der Waals surface area contributed by atoms with Crippen molar-refractivity contribution >= 4 is 123 Å². The lowest BCUT2D eigenvalue weighted by Crippen LogP contribution is -2.40. The molecule has 4 aliphatic rings. The Labute approximate surface area is 662 Å². The number of halogens is 6. The summed E-state index contributed by atoms with van der Waals surface area (Å²) in [6.45, 7) is 21.0. The van der Waals surface area contributed by atoms with Crippen molar-refractivity contribution in [1.29, 1.82) is 5.26 Å². The fourth-order valence-corrected chi connectivity index (χ4v) is 10.6. The molecule has 7 aromatic rings. The topological polar surface area (TPSA) is 363 Å². The van der Waals surface area contributed by atoms with Crippen molar-refractivity contribution in [2.24, 2.45) is 16.0 Å². The van der Waals surface area contributed by atoms with Gasteiger partial charge in [0.15, 0.2) is 11.4 Å². The Bertz CT molecular complexity index is 4250. The van der Waals surface area contributed by atoms with E-state index in [2.05, 4.69) is 42.8 Å². The molecule has 0 radical (unpaired) electrons. The minimum absolute atomic E-state index is 0.0452. The van der Waals surface area contributed by atoms with Crippen molar-refractivity contribution in [1.82, 2.24) is 45.9 Å². The van der Waals surface area contributed by atoms with Crippen LogP contribution in [-0.2, 0) is 19.0 Å². The van der Waals surface area contributed by atoms with Crippen molar-refractivity contribution < 1.29 is 67.2 Å². The number of ether oxygens (including phenoxy) is 3. The quantitative estimate of drug-likeness (QED) is 0.0141. The zero-order chi connectivity index (χ0) is 80.6. The SMILES string of the molecule is C#CC(=O)N[C@@H]1CCN(C(=O)OC(C)(C)C)C1.CC(C)(C)OC(=O)N1CC[C@@H](N)C1.CC(C)(C)OC(=O)N1CC[C@@H](NC(=O)c2cc(-c3ccc(Cl)cc3)no2)C1.N#CN1CC[C@@H](NC(=O)c2cc(-c3ccc(Cl)cc3)no2)C1.O/N=C(\Cl)c1ccc(Cl)cc1.O/N=C/c1ccc(Cl)cc1.O=Cc1ccc(Cl)cc1. The molecule has 109 heavy (non-hydrogen) atoms. The lowest BCUT2D eigenvalue weighted by atomic mass is 10.1. The number of likely N-dealkylation sites (tertiary alicyclic amines) is 4. The molecule has 11 rings (SSSR count). The molecule has 7 N–H and O–H groups in total. The summed E-state index contributed by atoms with van der Waals surface area (Å²) in [5.74, 6) is 1.14. The van der Waals surface area contributed by atoms with Gasteiger partial charge in [-0.25, -0.2) is 14.4 Å². The number of amides is 6. The molecule has 4 aliphatic heterocycles. The minimum Gasteiger partial charge on any atom is -0.444 e. The van der Waals surface area contributed by atoms with Gasteiger partial charge in [0, 0.05) is 136 Å². The van der Waals surface area contributed by atoms with Gasteiger partial charge in [-0.15, -0.1) is 6.42 Å². The van der Waals surface area contributed by atoms with Crippen LogP contribution in [0.2, 0.25) is 25.1 Å². The largest absolute Gasteiger partial charge is 0.444 e. The van der Waals surface area contributed by atoms with Crippen LogP contribution in [0, 0.1) is 23.8 Å². The molecule has 0 aliphatic carbocycles. The number of carbonyl (C=O) groups excluding carboxylic acids is 7. The molecule has 0 bridgehead atoms. The number of nitrogens with one attached hydrogen (secondary N) is 3. The number of oxime groups is 2. The number of benzene rings is 5. The Balaban J connectivity index is 0.000000236. The zero-order valence-corrected chi connectivity index (χ0v) is 65.9. The average Bonchev–Trinajstić information content (AvgIpc) is 1.71. The zero-order valence-electron chi connectivity index (χ0n) is 61.4. The van der Waals surface area contributed by atoms with Crippen LogP contribution < -0.4 is 21.7 Å². The lowest BCUT2D eigenvalue weighted by Gasteiger charge is -2.24. The molecule has 4 fully saturated rings. The Morgan fingerprint density at radius 3 is 1.26 bits per heavy atom. The molecule has 4 saturated heterocycles. The van der Waals surface area contributed by atoms with E-state index in [1.54, 1.807) is 141 Å². The molecular formula is C76H87Cl6N13O14. The Morgan fingerprint density at radius 1 is 0.550 bits per heavy atom. The second-order valence-corrected chi connectivity index (χ2v) is 30.0. The van der Waals surface area contributed by atoms with Crippen molar-refractivity contribution in [3.8, 4) is 41.1 Å². The van der Waals surface area contributed by atoms with Gasteiger partial charge in [0.2, 0.25) is 11.5 Å². The van der Waals surface area contributed by atoms with Gasteiger partial charge < -0.3 is 75.0 Å². The molecule has 5 aromatic carbocycles. The van der Waals surface area contributed by atoms with Gasteiger partial charge >= 0.3 is 18.3 Å². The third-order valence-corrected chi connectivity index (χ3v) is 16.6. The third kappa shape index (κ3) is 33.5. The van der Waals surface area contributed by atoms with Gasteiger partial charge in [0.1, 0.15) is 34.5 Å². The number of nitriles is 1. The van der Waals surface area contributed by atoms with Gasteiger partial charge in [-0.3, -0.25) is 19.2 Å². The highest BCUT2D eigenvalue weighted by atomic mass is 35.5. The Kier molecular flexibility index (Phi) is 36.0. The average molecular weight is 1620 g/mol. The first kappa shape index (κ1) is 89.5. The highest BCUT2D eigenvalue weighted by Crippen LogP contribution is 2.25. The predicted molar refractivity (Wildman–Crippen MR) is 418 cm³/mol. The molecule has 0 saturated carbocycles. The number of hydrogen-bond donors (Lipinski definition) is 6. The number of nitrogens with zero attached hydrogens (tertiary/aromatic N) is 9. The smallest absolute Gasteiger partial charge is 0.410 e. The second kappa shape index (κ2) is 43.8. The highest BCUT2D eigenvalue weighted by molar-refractivity contribution is 6.69. The summed E-state index contributed by atoms with van der Waals surface area (Å²) in [5.41, 5.74) is 9.09. The number of terminal acetylenes is 1. The number of carbonyl (C=O) groups is 7. The minimum atomic E-state index is -0.545. The summed E-state index contributed by atoms with van der Waals surface area (Å²) in [6, 6.07) is 37.6. The summed E-state index contributed by atoms with van der Waals surface area (Å²) >= 11 is 34.0. The van der Waals surface area contributed by atoms with Crippen LogP contribution in [0.15, 0.2) is 153 Å². The van der Waals surface area contributed by atoms with E-state index in [9.17, 15) is 33.6 Å². The summed E-state index contributed by atoms with van der Waals surface area (Å²) in [6.07, 6.45) is 11.2. The Hall–Kier alpha value is -10.1. The van der Waals surface area contributed by atoms with Crippen LogP contribution in [0.25, 0.3) is 22.5 Å². The monoisotopic (exact) mass is 1620 g/mol. The summed E-state index contributed by atoms with van der Waals surface area (Å²) in [5, 5.41) is 50.4. The van der Waals surface area contributed by atoms with E-state index in [-0.39, 0.29) is 71.0 Å². The molecule has 0 unspecified atom stereocenters. The molecule has 4 atom stereocenters. The van der Waals surface area contributed by atoms with E-state index in [1.165, 1.54) is 6.21 Å². The Morgan fingerprint density at radius 2 is 0.908 bits per heavy atom. The van der Waals surface area contributed by atoms with Crippen molar-refractivity contribution in [2.45, 2.75) is 129 Å². The predicted octanol–water partition coefficient (Wildman–Crippen LogP) is 14.7. The molecule has 6 heterocycles. The van der Waals surface area contributed by atoms with E-state index < -0.39 is 22.7 Å². The number of aldehydes is 1. The van der Waals surface area contributed by atoms with Crippen LogP contribution in [0.1, 0.15) is 131 Å². The maximum Gasteiger partial charge on any atom is 0.410 e. The molecular weight excluding hydrogens is 1530 g/mol. The molecule has 33 heteroatoms. The normalized spacial score (nSPS) is 16.4. The van der Waals surface area contributed by atoms with Crippen LogP contribution in [0.4, 0.5) is 14.4 Å². The second-order valence-electron chi connectivity index (χ2n) is 27.4. The number of hydrogen-bond acceptors (Lipinski definition) is 21. The lowest BCUT2D eigenvalue weighted by molar-refractivity contribution is -0.116. The van der Waals surface area contributed by atoms with Crippen molar-refractivity contribution in [3.63, 3.8) is 0 Å². The number of rotatable bonds is 10. The summed E-state index contributed by atoms with van der Waals surface area (Å²) in [7, 11) is 0. The van der Waals surface area contributed by atoms with Crippen LogP contribution >= 0.6 is 69.6 Å². The number of aromatic nitrogens is 2. The summed E-state index contributed by atoms with van der Waals surface area (Å²) < 4.78 is 26.1. The molecule has 0 spiro atoms. The maximum absolute atomic E-state index is 12.4. The molecule has 27 nitrogen and oxygen atoms in total. The fourth-order valence-electron chi connectivity index (χ4n) is 9.81. The van der Waals surface area contributed by atoms with E-state index in [0.29, 0.717) is 106 Å². The third-order valence-electron chi connectivity index (χ3n) is 15.0. The van der Waals surface area contributed by atoms with Crippen LogP contribution in [0.3, 0.4) is 0 Å². The van der Waals surface area contributed by atoms with Crippen molar-refractivity contribution in [2.75, 3.05) is 52.4 Å². The molecule has 6 amide bonds. The van der Waals surface area contributed by atoms with Gasteiger partial charge in [0.25, 0.3) is 17.7 Å². The maximum atomic E-state index is 12.4. The van der Waals surface area contributed by atoms with Crippen LogP contribution in [-0.4, -0.2) is 187 Å².